The summed E-state index contributed by atoms with van der Waals surface area (Å²) in [4.78, 5) is 16.1. The lowest BCUT2D eigenvalue weighted by atomic mass is 9.95. The lowest BCUT2D eigenvalue weighted by Crippen LogP contribution is -2.50. The van der Waals surface area contributed by atoms with Crippen LogP contribution < -0.4 is 15.2 Å². The molecule has 10 heteroatoms. The highest BCUT2D eigenvalue weighted by Gasteiger charge is 2.50. The number of methoxy groups -OCH3 is 1. The second-order valence-electron chi connectivity index (χ2n) is 13.6. The van der Waals surface area contributed by atoms with Crippen molar-refractivity contribution >= 4 is 35.8 Å². The van der Waals surface area contributed by atoms with Crippen LogP contribution in [0.3, 0.4) is 0 Å². The molecule has 2 aromatic heterocycles. The molecular weight excluding hydrogens is 619 g/mol. The maximum absolute atomic E-state index is 12.8. The Bertz CT molecular complexity index is 1800. The van der Waals surface area contributed by atoms with Crippen molar-refractivity contribution in [1.29, 1.82) is 0 Å². The van der Waals surface area contributed by atoms with Gasteiger partial charge in [0.05, 0.1) is 39.5 Å². The Morgan fingerprint density at radius 1 is 1.02 bits per heavy atom. The monoisotopic (exact) mass is 665 g/mol. The van der Waals surface area contributed by atoms with Crippen LogP contribution in [0, 0.1) is 5.92 Å². The van der Waals surface area contributed by atoms with E-state index >= 15 is 0 Å². The largest absolute Gasteiger partial charge is 0.497 e. The fourth-order valence-corrected chi connectivity index (χ4v) is 11.7. The normalized spacial score (nSPS) is 19.5. The van der Waals surface area contributed by atoms with Crippen molar-refractivity contribution in [1.82, 2.24) is 20.0 Å². The molecule has 9 nitrogen and oxygen atoms in total. The van der Waals surface area contributed by atoms with Gasteiger partial charge in [0.25, 0.3) is 0 Å². The topological polar surface area (TPSA) is 114 Å². The van der Waals surface area contributed by atoms with Gasteiger partial charge in [-0.05, 0) is 72.2 Å². The number of aliphatic hydroxyl groups excluding tert-OH is 1. The van der Waals surface area contributed by atoms with E-state index in [1.807, 2.05) is 53.5 Å². The first-order valence-corrected chi connectivity index (χ1v) is 20.1. The summed E-state index contributed by atoms with van der Waals surface area (Å²) in [6.45, 7) is 8.09. The third kappa shape index (κ3) is 7.56. The summed E-state index contributed by atoms with van der Waals surface area (Å²) in [7, 11) is -0.262. The molecule has 1 aliphatic rings. The van der Waals surface area contributed by atoms with Crippen LogP contribution in [-0.4, -0.2) is 65.0 Å². The molecule has 5 aromatic rings. The number of carbonyl (C=O) groups is 1. The zero-order chi connectivity index (χ0) is 33.7. The summed E-state index contributed by atoms with van der Waals surface area (Å²) in [6, 6.07) is 24.9. The van der Waals surface area contributed by atoms with Crippen LogP contribution in [0.5, 0.6) is 5.75 Å². The molecule has 1 saturated heterocycles. The number of ether oxygens (including phenoxy) is 2. The number of aromatic nitrogens is 4. The number of aryl methyl sites for hydroxylation is 2. The van der Waals surface area contributed by atoms with Gasteiger partial charge in [-0.3, -0.25) is 9.48 Å². The van der Waals surface area contributed by atoms with Crippen LogP contribution in [0.15, 0.2) is 85.2 Å². The number of anilines is 1. The quantitative estimate of drug-likeness (QED) is 0.127. The molecule has 3 aromatic carbocycles. The number of rotatable bonds is 14. The van der Waals surface area contributed by atoms with Gasteiger partial charge in [0, 0.05) is 48.6 Å². The van der Waals surface area contributed by atoms with E-state index in [4.69, 9.17) is 9.47 Å². The number of aliphatic hydroxyl groups is 1. The minimum atomic E-state index is -1.97. The third-order valence-electron chi connectivity index (χ3n) is 10.1. The molecule has 0 radical (unpaired) electrons. The molecule has 48 heavy (non-hydrogen) atoms. The predicted octanol–water partition coefficient (Wildman–Crippen LogP) is 5.90. The number of amides is 1. The van der Waals surface area contributed by atoms with Crippen molar-refractivity contribution in [3.05, 3.63) is 102 Å². The standard InChI is InChI=1S/C38H47N5O4Si/c1-26-35(18-11-27-9-12-29(13-10-27)40-37(45)23-28-24-39-34-8-6-5-7-33(28)34)47-36(19-21-43-25-30(20-22-44)41-42-43)38(26)48(3,4)32-16-14-31(46-2)15-17-32/h5-10,12-17,24-26,35-36,38-39,44H,11,18-23H2,1-4H3,(H,40,45)/t26-,35+,36-,38+/m1/s1. The van der Waals surface area contributed by atoms with Crippen LogP contribution in [0.4, 0.5) is 5.69 Å². The minimum Gasteiger partial charge on any atom is -0.497 e. The van der Waals surface area contributed by atoms with Crippen LogP contribution in [0.25, 0.3) is 10.9 Å². The highest BCUT2D eigenvalue weighted by Crippen LogP contribution is 2.46. The van der Waals surface area contributed by atoms with Crippen molar-refractivity contribution in [3.8, 4) is 5.75 Å². The second kappa shape index (κ2) is 14.9. The molecule has 0 bridgehead atoms. The van der Waals surface area contributed by atoms with Gasteiger partial charge in [0.2, 0.25) is 5.91 Å². The Hall–Kier alpha value is -4.25. The molecule has 4 atom stereocenters. The summed E-state index contributed by atoms with van der Waals surface area (Å²) in [5, 5.41) is 23.3. The van der Waals surface area contributed by atoms with Crippen LogP contribution in [0.1, 0.15) is 36.6 Å². The molecule has 0 unspecified atom stereocenters. The van der Waals surface area contributed by atoms with Gasteiger partial charge in [-0.1, -0.05) is 72.9 Å². The molecule has 3 heterocycles. The number of H-pyrrole nitrogens is 1. The summed E-state index contributed by atoms with van der Waals surface area (Å²) < 4.78 is 14.3. The molecule has 1 amide bonds. The van der Waals surface area contributed by atoms with Crippen LogP contribution in [0.2, 0.25) is 18.6 Å². The molecule has 0 aliphatic carbocycles. The predicted molar refractivity (Wildman–Crippen MR) is 193 cm³/mol. The fourth-order valence-electron chi connectivity index (χ4n) is 7.57. The summed E-state index contributed by atoms with van der Waals surface area (Å²) in [5.74, 6) is 1.23. The summed E-state index contributed by atoms with van der Waals surface area (Å²) in [5.41, 5.74) is 5.29. The van der Waals surface area contributed by atoms with Gasteiger partial charge >= 0.3 is 0 Å². The van der Waals surface area contributed by atoms with Gasteiger partial charge in [0.15, 0.2) is 0 Å². The average molecular weight is 666 g/mol. The molecule has 6 rings (SSSR count). The van der Waals surface area contributed by atoms with Crippen molar-refractivity contribution < 1.29 is 19.4 Å². The van der Waals surface area contributed by atoms with Crippen molar-refractivity contribution in [2.75, 3.05) is 19.0 Å². The smallest absolute Gasteiger partial charge is 0.228 e. The SMILES string of the molecule is COc1ccc([Si](C)(C)[C@H]2[C@H](C)[C@H](CCc3ccc(NC(=O)Cc4c[nH]c5ccccc45)cc3)O[C@@H]2CCn2cc(CCO)nn2)cc1. The number of para-hydroxylation sites is 1. The third-order valence-corrected chi connectivity index (χ3v) is 14.5. The highest BCUT2D eigenvalue weighted by atomic mass is 28.3. The Labute approximate surface area is 283 Å². The maximum atomic E-state index is 12.8. The van der Waals surface area contributed by atoms with E-state index in [0.717, 1.165) is 59.4 Å². The van der Waals surface area contributed by atoms with E-state index in [1.165, 1.54) is 10.8 Å². The first-order chi connectivity index (χ1) is 23.2. The van der Waals surface area contributed by atoms with Gasteiger partial charge in [-0.15, -0.1) is 5.10 Å². The lowest BCUT2D eigenvalue weighted by molar-refractivity contribution is -0.115. The zero-order valence-corrected chi connectivity index (χ0v) is 29.4. The van der Waals surface area contributed by atoms with E-state index in [-0.39, 0.29) is 24.7 Å². The van der Waals surface area contributed by atoms with E-state index in [1.54, 1.807) is 7.11 Å². The number of carbonyl (C=O) groups excluding carboxylic acids is 1. The van der Waals surface area contributed by atoms with Gasteiger partial charge in [0.1, 0.15) is 5.75 Å². The van der Waals surface area contributed by atoms with E-state index in [9.17, 15) is 9.90 Å². The maximum Gasteiger partial charge on any atom is 0.228 e. The molecule has 1 aliphatic heterocycles. The zero-order valence-electron chi connectivity index (χ0n) is 28.4. The molecule has 1 fully saturated rings. The molecular formula is C38H47N5O4Si. The average Bonchev–Trinajstić information content (AvgIpc) is 3.81. The first-order valence-electron chi connectivity index (χ1n) is 17.0. The van der Waals surface area contributed by atoms with E-state index in [0.29, 0.717) is 24.3 Å². The van der Waals surface area contributed by atoms with Gasteiger partial charge in [-0.25, -0.2) is 0 Å². The van der Waals surface area contributed by atoms with Crippen LogP contribution >= 0.6 is 0 Å². The fraction of sp³-hybridized carbons (Fsp3) is 0.395. The number of nitrogens with zero attached hydrogens (tertiary/aromatic N) is 3. The summed E-state index contributed by atoms with van der Waals surface area (Å²) in [6.07, 6.45) is 7.61. The molecule has 252 valence electrons. The second-order valence-corrected chi connectivity index (χ2v) is 18.3. The Kier molecular flexibility index (Phi) is 10.4. The number of aromatic amines is 1. The van der Waals surface area contributed by atoms with Crippen molar-refractivity contribution in [2.45, 2.75) is 76.4 Å². The number of fused-ring (bicyclic) bond motifs is 1. The lowest BCUT2D eigenvalue weighted by Gasteiger charge is -2.36. The summed E-state index contributed by atoms with van der Waals surface area (Å²) >= 11 is 0. The number of hydrogen-bond acceptors (Lipinski definition) is 6. The van der Waals surface area contributed by atoms with Gasteiger partial charge in [-0.2, -0.15) is 0 Å². The van der Waals surface area contributed by atoms with Gasteiger partial charge < -0.3 is 24.9 Å². The minimum absolute atomic E-state index is 0.0306. The van der Waals surface area contributed by atoms with Crippen molar-refractivity contribution in [3.63, 3.8) is 0 Å². The molecule has 0 spiro atoms. The number of benzene rings is 3. The Morgan fingerprint density at radius 2 is 1.79 bits per heavy atom. The number of nitrogens with one attached hydrogen (secondary N) is 2. The van der Waals surface area contributed by atoms with E-state index in [2.05, 4.69) is 77.0 Å². The van der Waals surface area contributed by atoms with Crippen molar-refractivity contribution in [2.24, 2.45) is 5.92 Å². The van der Waals surface area contributed by atoms with Crippen LogP contribution in [-0.2, 0) is 35.3 Å². The Morgan fingerprint density at radius 3 is 2.54 bits per heavy atom. The number of hydrogen-bond donors (Lipinski definition) is 3. The van der Waals surface area contributed by atoms with E-state index < -0.39 is 8.07 Å². The molecule has 3 N–H and O–H groups in total. The molecule has 0 saturated carbocycles. The Balaban J connectivity index is 1.10. The highest BCUT2D eigenvalue weighted by molar-refractivity contribution is 6.91. The first kappa shape index (κ1) is 33.6.